The molecule has 0 saturated carbocycles. The van der Waals surface area contributed by atoms with E-state index in [9.17, 15) is 4.79 Å². The van der Waals surface area contributed by atoms with Crippen LogP contribution in [0.5, 0.6) is 0 Å². The maximum absolute atomic E-state index is 10.2. The van der Waals surface area contributed by atoms with Crippen LogP contribution in [-0.4, -0.2) is 9.70 Å². The van der Waals surface area contributed by atoms with Crippen LogP contribution in [0.25, 0.3) is 0 Å². The number of hydrogen-bond acceptors (Lipinski definition) is 3. The van der Waals surface area contributed by atoms with Gasteiger partial charge in [-0.1, -0.05) is 13.8 Å². The van der Waals surface area contributed by atoms with Gasteiger partial charge in [0.2, 0.25) is 0 Å². The van der Waals surface area contributed by atoms with Crippen LogP contribution < -0.4 is 51.4 Å². The molecular weight excluding hydrogens is 179 g/mol. The minimum atomic E-state index is -0.195. The Morgan fingerprint density at radius 3 is 2.33 bits per heavy atom. The van der Waals surface area contributed by atoms with E-state index >= 15 is 0 Å². The summed E-state index contributed by atoms with van der Waals surface area (Å²) >= 11 is 5.58. The van der Waals surface area contributed by atoms with Crippen molar-refractivity contribution in [2.75, 3.05) is 0 Å². The van der Waals surface area contributed by atoms with Gasteiger partial charge in [0, 0.05) is 5.25 Å². The molecule has 0 saturated heterocycles. The van der Waals surface area contributed by atoms with Gasteiger partial charge in [-0.15, -0.1) is 11.8 Å². The van der Waals surface area contributed by atoms with Gasteiger partial charge in [0.25, 0.3) is 0 Å². The number of carbonyl (C=O) groups is 1. The normalized spacial score (nSPS) is 11.8. The van der Waals surface area contributed by atoms with Crippen LogP contribution in [0.15, 0.2) is 0 Å². The van der Waals surface area contributed by atoms with E-state index < -0.39 is 0 Å². The van der Waals surface area contributed by atoms with Crippen molar-refractivity contribution in [3.8, 4) is 0 Å². The van der Waals surface area contributed by atoms with E-state index in [1.54, 1.807) is 0 Å². The number of hydrogen-bond donors (Lipinski definition) is 0. The van der Waals surface area contributed by atoms with Crippen LogP contribution in [0.1, 0.15) is 20.3 Å². The van der Waals surface area contributed by atoms with Gasteiger partial charge in [-0.25, -0.2) is 0 Å². The average Bonchev–Trinajstić information content (AvgIpc) is 1.65. The molecule has 48 valence electrons. The first-order valence-electron chi connectivity index (χ1n) is 2.54. The van der Waals surface area contributed by atoms with E-state index in [0.29, 0.717) is 5.25 Å². The minimum absolute atomic E-state index is 0. The summed E-state index contributed by atoms with van der Waals surface area (Å²) in [6.45, 7) is 4.03. The molecule has 0 bridgehead atoms. The summed E-state index contributed by atoms with van der Waals surface area (Å²) in [5, 5.41) is 0.389. The summed E-state index contributed by atoms with van der Waals surface area (Å²) in [5.41, 5.74) is 0. The molecule has 0 aromatic rings. The maximum atomic E-state index is 10.2. The first kappa shape index (κ1) is 13.5. The third-order valence-corrected chi connectivity index (χ3v) is 2.09. The molecule has 9 heavy (non-hydrogen) atoms. The number of rotatable bonds is 2. The molecule has 4 heteroatoms. The third kappa shape index (κ3) is 9.88. The Morgan fingerprint density at radius 1 is 1.78 bits per heavy atom. The second-order valence-electron chi connectivity index (χ2n) is 1.59. The Labute approximate surface area is 109 Å². The Morgan fingerprint density at radius 2 is 2.22 bits per heavy atom. The molecule has 1 atom stereocenters. The minimum Gasteiger partial charge on any atom is -0.730 e. The van der Waals surface area contributed by atoms with Gasteiger partial charge in [-0.05, 0) is 6.42 Å². The van der Waals surface area contributed by atoms with Crippen molar-refractivity contribution in [1.82, 2.24) is 0 Å². The largest absolute Gasteiger partial charge is 1.00 e. The van der Waals surface area contributed by atoms with Crippen molar-refractivity contribution in [3.05, 3.63) is 0 Å². The molecule has 0 aromatic carbocycles. The van der Waals surface area contributed by atoms with Gasteiger partial charge >= 0.3 is 51.4 Å². The molecular formula is C5H9KOS2. The molecule has 0 aliphatic heterocycles. The summed E-state index contributed by atoms with van der Waals surface area (Å²) in [6, 6.07) is 0. The van der Waals surface area contributed by atoms with E-state index in [2.05, 4.69) is 12.6 Å². The Hall–Kier alpha value is 1.88. The zero-order valence-electron chi connectivity index (χ0n) is 6.01. The molecule has 0 aliphatic rings. The topological polar surface area (TPSA) is 17.1 Å². The van der Waals surface area contributed by atoms with Gasteiger partial charge < -0.3 is 17.4 Å². The van der Waals surface area contributed by atoms with E-state index in [4.69, 9.17) is 0 Å². The van der Waals surface area contributed by atoms with Gasteiger partial charge in [-0.2, -0.15) is 0 Å². The van der Waals surface area contributed by atoms with Crippen molar-refractivity contribution in [3.63, 3.8) is 0 Å². The predicted octanol–water partition coefficient (Wildman–Crippen LogP) is -0.811. The second kappa shape index (κ2) is 7.98. The predicted molar refractivity (Wildman–Crippen MR) is 40.1 cm³/mol. The molecule has 0 aromatic heterocycles. The van der Waals surface area contributed by atoms with Crippen molar-refractivity contribution in [1.29, 1.82) is 0 Å². The van der Waals surface area contributed by atoms with Crippen molar-refractivity contribution in [2.24, 2.45) is 0 Å². The molecule has 0 amide bonds. The van der Waals surface area contributed by atoms with Crippen LogP contribution in [0.2, 0.25) is 0 Å². The van der Waals surface area contributed by atoms with Crippen molar-refractivity contribution < 1.29 is 56.2 Å². The van der Waals surface area contributed by atoms with Gasteiger partial charge in [-0.3, -0.25) is 0 Å². The van der Waals surface area contributed by atoms with E-state index in [-0.39, 0.29) is 55.8 Å². The summed E-state index contributed by atoms with van der Waals surface area (Å²) in [4.78, 5) is 10.2. The fourth-order valence-electron chi connectivity index (χ4n) is 0.248. The summed E-state index contributed by atoms with van der Waals surface area (Å²) in [5.74, 6) is 0. The molecule has 0 spiro atoms. The van der Waals surface area contributed by atoms with E-state index in [1.165, 1.54) is 11.8 Å². The molecule has 1 unspecified atom stereocenters. The van der Waals surface area contributed by atoms with Crippen LogP contribution >= 0.6 is 11.8 Å². The van der Waals surface area contributed by atoms with Crippen LogP contribution in [0.3, 0.4) is 0 Å². The van der Waals surface area contributed by atoms with E-state index in [0.717, 1.165) is 6.42 Å². The van der Waals surface area contributed by atoms with Crippen LogP contribution in [0.4, 0.5) is 4.79 Å². The standard InChI is InChI=1S/C5H10OS2.K/c1-3-4(2)8-5(6)7;/h4H,3H2,1-2H3,(H,6,7);/q;+1/p-1. The van der Waals surface area contributed by atoms with Crippen molar-refractivity contribution >= 4 is 28.8 Å². The fourth-order valence-corrected chi connectivity index (χ4v) is 1.24. The zero-order chi connectivity index (χ0) is 6.57. The Kier molecular flexibility index (Phi) is 11.9. The first-order chi connectivity index (χ1) is 3.66. The molecule has 0 radical (unpaired) electrons. The average molecular weight is 188 g/mol. The van der Waals surface area contributed by atoms with Crippen molar-refractivity contribution in [2.45, 2.75) is 25.5 Å². The van der Waals surface area contributed by atoms with E-state index in [1.807, 2.05) is 13.8 Å². The third-order valence-electron chi connectivity index (χ3n) is 0.872. The fraction of sp³-hybridized carbons (Fsp3) is 0.800. The Bertz CT molecular complexity index is 87.0. The maximum Gasteiger partial charge on any atom is 1.00 e. The van der Waals surface area contributed by atoms with Gasteiger partial charge in [0.1, 0.15) is 0 Å². The molecule has 0 rings (SSSR count). The first-order valence-corrected chi connectivity index (χ1v) is 3.83. The molecule has 0 N–H and O–H groups in total. The monoisotopic (exact) mass is 188 g/mol. The van der Waals surface area contributed by atoms with Gasteiger partial charge in [0.05, 0.1) is 4.45 Å². The zero-order valence-corrected chi connectivity index (χ0v) is 10.8. The summed E-state index contributed by atoms with van der Waals surface area (Å²) in [6.07, 6.45) is 1.01. The molecule has 0 fully saturated rings. The number of thioether (sulfide) groups is 1. The van der Waals surface area contributed by atoms with Crippen LogP contribution in [0, 0.1) is 0 Å². The molecule has 1 nitrogen and oxygen atoms in total. The second-order valence-corrected chi connectivity index (χ2v) is 3.63. The number of carbonyl (C=O) groups excluding carboxylic acids is 1. The molecule has 0 heterocycles. The summed E-state index contributed by atoms with van der Waals surface area (Å²) < 4.78 is -0.195. The van der Waals surface area contributed by atoms with Crippen LogP contribution in [-0.2, 0) is 12.6 Å². The summed E-state index contributed by atoms with van der Waals surface area (Å²) in [7, 11) is 0. The SMILES string of the molecule is CCC(C)SC(=O)[S-].[K+]. The quantitative estimate of drug-likeness (QED) is 0.417. The molecule has 0 aliphatic carbocycles. The van der Waals surface area contributed by atoms with Gasteiger partial charge in [0.15, 0.2) is 0 Å². The smallest absolute Gasteiger partial charge is 0.730 e. The Balaban J connectivity index is 0.